The Morgan fingerprint density at radius 2 is 2.05 bits per heavy atom. The molecule has 0 aliphatic carbocycles. The number of nitrogens with zero attached hydrogens (tertiary/aromatic N) is 1. The maximum absolute atomic E-state index is 12.3. The Kier molecular flexibility index (Phi) is 4.48. The number of amides is 1. The maximum Gasteiger partial charge on any atom is 0.337 e. The first-order valence-corrected chi connectivity index (χ1v) is 7.31. The van der Waals surface area contributed by atoms with E-state index in [1.807, 2.05) is 6.07 Å². The molecule has 1 atom stereocenters. The van der Waals surface area contributed by atoms with Crippen LogP contribution in [-0.2, 0) is 4.79 Å². The van der Waals surface area contributed by atoms with E-state index in [0.29, 0.717) is 22.2 Å². The van der Waals surface area contributed by atoms with Gasteiger partial charge in [-0.3, -0.25) is 9.78 Å². The standard InChI is InChI=1S/C15H15BrN2O4/c1-8-5-11(10-6-9(16)3-4-12(10)18-8)13(19)17-7-15(2,22)14(20)21/h3-6,22H,7H2,1-2H3,(H,17,19)(H,20,21). The van der Waals surface area contributed by atoms with Crippen LogP contribution in [0.1, 0.15) is 23.0 Å². The molecule has 0 radical (unpaired) electrons. The Morgan fingerprint density at radius 1 is 1.36 bits per heavy atom. The van der Waals surface area contributed by atoms with Crippen molar-refractivity contribution in [2.75, 3.05) is 6.54 Å². The first kappa shape index (κ1) is 16.4. The molecule has 116 valence electrons. The minimum absolute atomic E-state index is 0.380. The lowest BCUT2D eigenvalue weighted by molar-refractivity contribution is -0.155. The summed E-state index contributed by atoms with van der Waals surface area (Å²) in [6, 6.07) is 7.01. The molecular weight excluding hydrogens is 352 g/mol. The Bertz CT molecular complexity index is 759. The van der Waals surface area contributed by atoms with Crippen LogP contribution in [-0.4, -0.2) is 39.2 Å². The maximum atomic E-state index is 12.3. The third-order valence-electron chi connectivity index (χ3n) is 3.20. The number of benzene rings is 1. The predicted octanol–water partition coefficient (Wildman–Crippen LogP) is 1.87. The second kappa shape index (κ2) is 6.02. The van der Waals surface area contributed by atoms with Crippen molar-refractivity contribution in [2.24, 2.45) is 0 Å². The fourth-order valence-corrected chi connectivity index (χ4v) is 2.30. The lowest BCUT2D eigenvalue weighted by Crippen LogP contribution is -2.46. The average Bonchev–Trinajstić information content (AvgIpc) is 2.44. The van der Waals surface area contributed by atoms with Crippen LogP contribution in [0.4, 0.5) is 0 Å². The number of aromatic nitrogens is 1. The highest BCUT2D eigenvalue weighted by molar-refractivity contribution is 9.10. The van der Waals surface area contributed by atoms with E-state index in [1.54, 1.807) is 25.1 Å². The molecule has 0 saturated heterocycles. The number of pyridine rings is 1. The predicted molar refractivity (Wildman–Crippen MR) is 84.8 cm³/mol. The second-order valence-corrected chi connectivity index (χ2v) is 6.15. The van der Waals surface area contributed by atoms with Gasteiger partial charge in [-0.25, -0.2) is 4.79 Å². The van der Waals surface area contributed by atoms with Crippen molar-refractivity contribution < 1.29 is 19.8 Å². The second-order valence-electron chi connectivity index (χ2n) is 5.23. The minimum Gasteiger partial charge on any atom is -0.479 e. The molecule has 2 rings (SSSR count). The molecule has 1 unspecified atom stereocenters. The molecule has 1 heterocycles. The first-order chi connectivity index (χ1) is 10.2. The van der Waals surface area contributed by atoms with Gasteiger partial charge in [0.25, 0.3) is 5.91 Å². The Labute approximate surface area is 135 Å². The van der Waals surface area contributed by atoms with Gasteiger partial charge in [0.15, 0.2) is 5.60 Å². The summed E-state index contributed by atoms with van der Waals surface area (Å²) in [7, 11) is 0. The van der Waals surface area contributed by atoms with Gasteiger partial charge in [-0.05, 0) is 38.1 Å². The first-order valence-electron chi connectivity index (χ1n) is 6.51. The zero-order valence-corrected chi connectivity index (χ0v) is 13.6. The van der Waals surface area contributed by atoms with Gasteiger partial charge in [-0.15, -0.1) is 0 Å². The number of carboxylic acids is 1. The van der Waals surface area contributed by atoms with E-state index in [9.17, 15) is 14.7 Å². The van der Waals surface area contributed by atoms with Crippen LogP contribution in [0.2, 0.25) is 0 Å². The number of aryl methyl sites for hydroxylation is 1. The average molecular weight is 367 g/mol. The SMILES string of the molecule is Cc1cc(C(=O)NCC(C)(O)C(=O)O)c2cc(Br)ccc2n1. The van der Waals surface area contributed by atoms with E-state index in [0.717, 1.165) is 11.4 Å². The van der Waals surface area contributed by atoms with Crippen LogP contribution in [0, 0.1) is 6.92 Å². The van der Waals surface area contributed by atoms with Gasteiger partial charge in [-0.2, -0.15) is 0 Å². The van der Waals surface area contributed by atoms with Gasteiger partial charge in [0, 0.05) is 15.6 Å². The van der Waals surface area contributed by atoms with Crippen LogP contribution in [0.15, 0.2) is 28.7 Å². The molecular formula is C15H15BrN2O4. The molecule has 2 aromatic rings. The van der Waals surface area contributed by atoms with E-state index in [-0.39, 0.29) is 0 Å². The molecule has 7 heteroatoms. The van der Waals surface area contributed by atoms with Gasteiger partial charge in [0.2, 0.25) is 0 Å². The number of carboxylic acid groups (broad SMARTS) is 1. The van der Waals surface area contributed by atoms with Crippen molar-refractivity contribution in [3.63, 3.8) is 0 Å². The molecule has 0 aliphatic heterocycles. The third kappa shape index (κ3) is 3.42. The van der Waals surface area contributed by atoms with Gasteiger partial charge in [-0.1, -0.05) is 15.9 Å². The Hall–Kier alpha value is -1.99. The molecule has 1 aromatic heterocycles. The van der Waals surface area contributed by atoms with Crippen molar-refractivity contribution in [3.05, 3.63) is 40.0 Å². The summed E-state index contributed by atoms with van der Waals surface area (Å²) in [5.74, 6) is -1.86. The third-order valence-corrected chi connectivity index (χ3v) is 3.69. The van der Waals surface area contributed by atoms with Crippen molar-refractivity contribution >= 4 is 38.7 Å². The summed E-state index contributed by atoms with van der Waals surface area (Å²) in [6.45, 7) is 2.51. The summed E-state index contributed by atoms with van der Waals surface area (Å²) >= 11 is 3.35. The van der Waals surface area contributed by atoms with Gasteiger partial charge >= 0.3 is 5.97 Å². The molecule has 3 N–H and O–H groups in total. The number of carbonyl (C=O) groups excluding carboxylic acids is 1. The molecule has 0 bridgehead atoms. The fraction of sp³-hybridized carbons (Fsp3) is 0.267. The van der Waals surface area contributed by atoms with Crippen LogP contribution in [0.3, 0.4) is 0 Å². The fourth-order valence-electron chi connectivity index (χ4n) is 1.94. The highest BCUT2D eigenvalue weighted by Gasteiger charge is 2.30. The molecule has 0 saturated carbocycles. The number of hydrogen-bond acceptors (Lipinski definition) is 4. The molecule has 22 heavy (non-hydrogen) atoms. The van der Waals surface area contributed by atoms with Gasteiger partial charge in [0.05, 0.1) is 17.6 Å². The zero-order valence-electron chi connectivity index (χ0n) is 12.1. The highest BCUT2D eigenvalue weighted by atomic mass is 79.9. The number of aliphatic carboxylic acids is 1. The lowest BCUT2D eigenvalue weighted by atomic mass is 10.1. The zero-order chi connectivity index (χ0) is 16.5. The van der Waals surface area contributed by atoms with Gasteiger partial charge < -0.3 is 15.5 Å². The van der Waals surface area contributed by atoms with Crippen molar-refractivity contribution in [3.8, 4) is 0 Å². The Balaban J connectivity index is 2.35. The number of aliphatic hydroxyl groups is 1. The van der Waals surface area contributed by atoms with E-state index >= 15 is 0 Å². The van der Waals surface area contributed by atoms with E-state index in [4.69, 9.17) is 5.11 Å². The number of hydrogen-bond donors (Lipinski definition) is 3. The molecule has 1 amide bonds. The summed E-state index contributed by atoms with van der Waals surface area (Å²) in [5, 5.41) is 21.6. The minimum atomic E-state index is -2.02. The van der Waals surface area contributed by atoms with Crippen LogP contribution >= 0.6 is 15.9 Å². The van der Waals surface area contributed by atoms with E-state index in [2.05, 4.69) is 26.2 Å². The summed E-state index contributed by atoms with van der Waals surface area (Å²) in [6.07, 6.45) is 0. The van der Waals surface area contributed by atoms with Crippen LogP contribution in [0.5, 0.6) is 0 Å². The monoisotopic (exact) mass is 366 g/mol. The number of carbonyl (C=O) groups is 2. The molecule has 0 fully saturated rings. The van der Waals surface area contributed by atoms with Crippen molar-refractivity contribution in [1.82, 2.24) is 10.3 Å². The molecule has 1 aromatic carbocycles. The summed E-state index contributed by atoms with van der Waals surface area (Å²) in [5.41, 5.74) is -0.304. The van der Waals surface area contributed by atoms with Crippen LogP contribution in [0.25, 0.3) is 10.9 Å². The topological polar surface area (TPSA) is 99.5 Å². The number of rotatable bonds is 4. The summed E-state index contributed by atoms with van der Waals surface area (Å²) < 4.78 is 0.803. The van der Waals surface area contributed by atoms with Crippen LogP contribution < -0.4 is 5.32 Å². The smallest absolute Gasteiger partial charge is 0.337 e. The largest absolute Gasteiger partial charge is 0.479 e. The van der Waals surface area contributed by atoms with Gasteiger partial charge in [0.1, 0.15) is 0 Å². The van der Waals surface area contributed by atoms with Crippen molar-refractivity contribution in [2.45, 2.75) is 19.4 Å². The normalized spacial score (nSPS) is 13.6. The quantitative estimate of drug-likeness (QED) is 0.766. The summed E-state index contributed by atoms with van der Waals surface area (Å²) in [4.78, 5) is 27.5. The number of halogens is 1. The molecule has 0 spiro atoms. The molecule has 0 aliphatic rings. The highest BCUT2D eigenvalue weighted by Crippen LogP contribution is 2.23. The number of fused-ring (bicyclic) bond motifs is 1. The van der Waals surface area contributed by atoms with E-state index < -0.39 is 24.0 Å². The Morgan fingerprint density at radius 3 is 2.68 bits per heavy atom. The number of nitrogens with one attached hydrogen (secondary N) is 1. The lowest BCUT2D eigenvalue weighted by Gasteiger charge is -2.18. The van der Waals surface area contributed by atoms with Crippen molar-refractivity contribution in [1.29, 1.82) is 0 Å². The van der Waals surface area contributed by atoms with E-state index in [1.165, 1.54) is 0 Å². The molecule has 6 nitrogen and oxygen atoms in total.